The van der Waals surface area contributed by atoms with Crippen molar-refractivity contribution in [3.05, 3.63) is 47.7 Å². The number of hydrogen-bond acceptors (Lipinski definition) is 12. The molecule has 0 saturated carbocycles. The van der Waals surface area contributed by atoms with Crippen LogP contribution in [0.3, 0.4) is 0 Å². The fraction of sp³-hybridized carbons (Fsp3) is 0.333. The van der Waals surface area contributed by atoms with Crippen LogP contribution < -0.4 is 20.7 Å². The number of rotatable bonds is 9. The summed E-state index contributed by atoms with van der Waals surface area (Å²) in [7, 11) is 0. The first kappa shape index (κ1) is 26.0. The number of carboxylic acid groups (broad SMARTS) is 2. The summed E-state index contributed by atoms with van der Waals surface area (Å²) in [5.74, 6) is -3.34. The van der Waals surface area contributed by atoms with Crippen LogP contribution >= 0.6 is 23.3 Å². The maximum Gasteiger partial charge on any atom is 0.350 e. The number of hydrogen-bond donors (Lipinski definition) is 3. The minimum Gasteiger partial charge on any atom is -0.545 e. The van der Waals surface area contributed by atoms with Crippen LogP contribution in [0.5, 0.6) is 0 Å². The topological polar surface area (TPSA) is 204 Å². The fourth-order valence-corrected chi connectivity index (χ4v) is 4.99. The van der Waals surface area contributed by atoms with Gasteiger partial charge in [-0.15, -0.1) is 11.8 Å². The van der Waals surface area contributed by atoms with E-state index in [1.54, 1.807) is 23.2 Å². The van der Waals surface area contributed by atoms with Gasteiger partial charge >= 0.3 is 5.97 Å². The summed E-state index contributed by atoms with van der Waals surface area (Å²) < 4.78 is 5.71. The molecule has 4 rings (SSSR count). The number of aromatic carboxylic acids is 1. The van der Waals surface area contributed by atoms with Gasteiger partial charge in [0.2, 0.25) is 17.1 Å². The summed E-state index contributed by atoms with van der Waals surface area (Å²) in [5, 5.41) is 26.1. The molecule has 0 aromatic carbocycles. The Morgan fingerprint density at radius 3 is 2.68 bits per heavy atom. The maximum absolute atomic E-state index is 13.0. The number of aromatic nitrogens is 3. The van der Waals surface area contributed by atoms with Gasteiger partial charge in [0, 0.05) is 46.8 Å². The lowest BCUT2D eigenvalue weighted by atomic mass is 10.1. The Kier molecular flexibility index (Phi) is 7.13. The average Bonchev–Trinajstić information content (AvgIpc) is 3.28. The second kappa shape index (κ2) is 10.1. The van der Waals surface area contributed by atoms with Gasteiger partial charge in [0.1, 0.15) is 11.4 Å². The lowest BCUT2D eigenvalue weighted by Gasteiger charge is -2.47. The van der Waals surface area contributed by atoms with Crippen molar-refractivity contribution in [2.24, 2.45) is 5.16 Å². The molecule has 2 aromatic rings. The van der Waals surface area contributed by atoms with Crippen molar-refractivity contribution in [1.82, 2.24) is 19.6 Å². The van der Waals surface area contributed by atoms with Crippen LogP contribution in [0, 0.1) is 0 Å². The first-order valence-electron chi connectivity index (χ1n) is 10.7. The first-order valence-corrected chi connectivity index (χ1v) is 12.5. The Hall–Kier alpha value is -4.05. The standard InChI is InChI=1S/C21H21N7O7S2/c1-21(2,19(33)34)35-25-12(14-24-20(22)37-26-14)15(29)23-13-16(30)28-8-10(9-36-17(13)28)7-27-5-3-11(4-6-27)18(31)32/h3-6,8,13,17H,7,9H2,1-2H3,(H4-,22,23,24,26,29,31,32,33,34)/t13?,17-/m0/s1. The van der Waals surface area contributed by atoms with E-state index in [1.165, 1.54) is 42.6 Å². The van der Waals surface area contributed by atoms with E-state index in [2.05, 4.69) is 19.8 Å². The molecule has 2 atom stereocenters. The number of carboxylic acids is 2. The summed E-state index contributed by atoms with van der Waals surface area (Å²) in [4.78, 5) is 58.5. The van der Waals surface area contributed by atoms with Crippen molar-refractivity contribution >= 4 is 57.9 Å². The van der Waals surface area contributed by atoms with E-state index < -0.39 is 35.2 Å². The molecule has 0 bridgehead atoms. The number of amides is 2. The molecule has 2 aromatic heterocycles. The first-order chi connectivity index (χ1) is 17.5. The highest BCUT2D eigenvalue weighted by atomic mass is 32.2. The number of nitrogen functional groups attached to an aromatic ring is 1. The number of nitrogens with one attached hydrogen (secondary N) is 1. The Morgan fingerprint density at radius 1 is 1.38 bits per heavy atom. The van der Waals surface area contributed by atoms with Crippen LogP contribution in [-0.4, -0.2) is 71.6 Å². The van der Waals surface area contributed by atoms with Crippen LogP contribution in [-0.2, 0) is 25.8 Å². The van der Waals surface area contributed by atoms with Crippen LogP contribution in [0.25, 0.3) is 0 Å². The predicted octanol–water partition coefficient (Wildman–Crippen LogP) is -1.66. The van der Waals surface area contributed by atoms with E-state index in [-0.39, 0.29) is 27.8 Å². The summed E-state index contributed by atoms with van der Waals surface area (Å²) in [6.07, 6.45) is 4.93. The third kappa shape index (κ3) is 5.54. The smallest absolute Gasteiger partial charge is 0.350 e. The number of fused-ring (bicyclic) bond motifs is 1. The van der Waals surface area contributed by atoms with Crippen LogP contribution in [0.15, 0.2) is 41.5 Å². The van der Waals surface area contributed by atoms with Gasteiger partial charge in [0.05, 0.1) is 5.97 Å². The predicted molar refractivity (Wildman–Crippen MR) is 128 cm³/mol. The number of nitrogens with zero attached hydrogens (tertiary/aromatic N) is 5. The monoisotopic (exact) mass is 547 g/mol. The second-order valence-electron chi connectivity index (χ2n) is 8.54. The summed E-state index contributed by atoms with van der Waals surface area (Å²) in [6.45, 7) is 2.95. The molecule has 2 amide bonds. The molecular formula is C21H21N7O7S2. The van der Waals surface area contributed by atoms with Gasteiger partial charge in [0.25, 0.3) is 11.8 Å². The lowest BCUT2D eigenvalue weighted by Crippen LogP contribution is -2.69. The van der Waals surface area contributed by atoms with E-state index >= 15 is 0 Å². The number of β-lactam (4-membered cyclic amide) rings is 1. The van der Waals surface area contributed by atoms with Crippen molar-refractivity contribution in [3.8, 4) is 0 Å². The Labute approximate surface area is 218 Å². The number of pyridine rings is 1. The molecule has 2 aliphatic heterocycles. The molecule has 4 heterocycles. The molecular weight excluding hydrogens is 526 g/mol. The summed E-state index contributed by atoms with van der Waals surface area (Å²) in [6, 6.07) is 2.00. The molecule has 14 nitrogen and oxygen atoms in total. The highest BCUT2D eigenvalue weighted by molar-refractivity contribution is 8.00. The average molecular weight is 548 g/mol. The van der Waals surface area contributed by atoms with Crippen LogP contribution in [0.2, 0.25) is 0 Å². The zero-order chi connectivity index (χ0) is 26.9. The van der Waals surface area contributed by atoms with E-state index in [4.69, 9.17) is 10.6 Å². The Bertz CT molecular complexity index is 1320. The van der Waals surface area contributed by atoms with E-state index in [9.17, 15) is 29.4 Å². The number of nitrogens with two attached hydrogens (primary N) is 1. The van der Waals surface area contributed by atoms with Crippen molar-refractivity contribution < 1.29 is 38.8 Å². The molecule has 0 radical (unpaired) electrons. The van der Waals surface area contributed by atoms with Gasteiger partial charge < -0.3 is 35.8 Å². The molecule has 37 heavy (non-hydrogen) atoms. The zero-order valence-electron chi connectivity index (χ0n) is 19.5. The van der Waals surface area contributed by atoms with Gasteiger partial charge in [-0.05, 0) is 13.8 Å². The van der Waals surface area contributed by atoms with Crippen molar-refractivity contribution in [3.63, 3.8) is 0 Å². The SMILES string of the molecule is CC(C)(ON=C(C(=O)NC1C(=O)N2C=C(C[n+]3ccc(C(=O)[O-])cc3)CS[C@@H]12)c1nsc(N)n1)C(=O)O. The molecule has 16 heteroatoms. The van der Waals surface area contributed by atoms with Gasteiger partial charge in [0.15, 0.2) is 24.1 Å². The zero-order valence-corrected chi connectivity index (χ0v) is 21.1. The molecule has 1 fully saturated rings. The van der Waals surface area contributed by atoms with Crippen molar-refractivity contribution in [2.75, 3.05) is 11.5 Å². The highest BCUT2D eigenvalue weighted by Gasteiger charge is 2.50. The number of anilines is 1. The Morgan fingerprint density at radius 2 is 2.08 bits per heavy atom. The maximum atomic E-state index is 13.0. The van der Waals surface area contributed by atoms with Gasteiger partial charge in [-0.3, -0.25) is 9.59 Å². The fourth-order valence-electron chi connectivity index (χ4n) is 3.30. The van der Waals surface area contributed by atoms with E-state index in [1.807, 2.05) is 0 Å². The Balaban J connectivity index is 1.44. The third-order valence-corrected chi connectivity index (χ3v) is 7.31. The lowest BCUT2D eigenvalue weighted by molar-refractivity contribution is -0.689. The number of carbonyl (C=O) groups is 4. The normalized spacial score (nSPS) is 19.4. The number of thioether (sulfide) groups is 1. The van der Waals surface area contributed by atoms with Crippen LogP contribution in [0.4, 0.5) is 5.13 Å². The molecule has 0 aliphatic carbocycles. The molecule has 0 spiro atoms. The number of oxime groups is 1. The molecule has 1 saturated heterocycles. The molecule has 4 N–H and O–H groups in total. The number of aliphatic carboxylic acids is 1. The van der Waals surface area contributed by atoms with Crippen LogP contribution in [0.1, 0.15) is 30.0 Å². The molecule has 2 aliphatic rings. The second-order valence-corrected chi connectivity index (χ2v) is 10.4. The largest absolute Gasteiger partial charge is 0.545 e. The van der Waals surface area contributed by atoms with Gasteiger partial charge in [-0.1, -0.05) is 5.16 Å². The minimum absolute atomic E-state index is 0.0616. The van der Waals surface area contributed by atoms with E-state index in [0.717, 1.165) is 17.1 Å². The van der Waals surface area contributed by atoms with Crippen molar-refractivity contribution in [1.29, 1.82) is 0 Å². The van der Waals surface area contributed by atoms with Crippen molar-refractivity contribution in [2.45, 2.75) is 37.4 Å². The summed E-state index contributed by atoms with van der Waals surface area (Å²) >= 11 is 2.25. The highest BCUT2D eigenvalue weighted by Crippen LogP contribution is 2.36. The van der Waals surface area contributed by atoms with Gasteiger partial charge in [-0.25, -0.2) is 9.36 Å². The number of carbonyl (C=O) groups excluding carboxylic acids is 3. The molecule has 1 unspecified atom stereocenters. The quantitative estimate of drug-likeness (QED) is 0.140. The molecule has 194 valence electrons. The van der Waals surface area contributed by atoms with Gasteiger partial charge in [-0.2, -0.15) is 9.36 Å². The van der Waals surface area contributed by atoms with E-state index in [0.29, 0.717) is 12.3 Å². The minimum atomic E-state index is -1.74. The summed E-state index contributed by atoms with van der Waals surface area (Å²) in [5.41, 5.74) is 4.44. The third-order valence-electron chi connectivity index (χ3n) is 5.39.